The molecule has 0 radical (unpaired) electrons. The van der Waals surface area contributed by atoms with Gasteiger partial charge in [-0.3, -0.25) is 4.79 Å². The minimum Gasteiger partial charge on any atom is -0.376 e. The maximum Gasteiger partial charge on any atom is 0.534 e. The molecular weight excluding hydrogens is 433 g/mol. The van der Waals surface area contributed by atoms with Crippen LogP contribution in [0.4, 0.5) is 13.2 Å². The summed E-state index contributed by atoms with van der Waals surface area (Å²) in [5.74, 6) is 0.193. The molecule has 31 heavy (non-hydrogen) atoms. The number of hydrogen-bond acceptors (Lipinski definition) is 4. The second kappa shape index (κ2) is 7.72. The first-order chi connectivity index (χ1) is 14.5. The van der Waals surface area contributed by atoms with E-state index in [0.29, 0.717) is 16.9 Å². The number of halogens is 3. The Morgan fingerprint density at radius 2 is 2.00 bits per heavy atom. The number of carbonyl (C=O) groups excluding carboxylic acids is 1. The molecule has 1 aromatic carbocycles. The van der Waals surface area contributed by atoms with Crippen molar-refractivity contribution in [3.63, 3.8) is 0 Å². The number of benzene rings is 1. The molecule has 1 N–H and O–H groups in total. The molecule has 2 saturated heterocycles. The maximum absolute atomic E-state index is 13.1. The molecule has 5 rings (SSSR count). The van der Waals surface area contributed by atoms with Gasteiger partial charge in [-0.25, -0.2) is 0 Å². The molecule has 1 aromatic heterocycles. The number of aromatic amines is 1. The SMILES string of the molecule is CCC1CC2CC(C2)N1C(=O)CC(C)c1c[nH]c2ccc(OS(=O)(=O)C(F)(F)F)cc12. The zero-order chi connectivity index (χ0) is 22.6. The number of fused-ring (bicyclic) bond motifs is 3. The molecule has 6 nitrogen and oxygen atoms in total. The predicted octanol–water partition coefficient (Wildman–Crippen LogP) is 4.68. The molecular formula is C21H25F3N2O4S. The number of aromatic nitrogens is 1. The van der Waals surface area contributed by atoms with E-state index in [0.717, 1.165) is 43.2 Å². The van der Waals surface area contributed by atoms with Crippen LogP contribution in [0, 0.1) is 5.92 Å². The molecule has 2 unspecified atom stereocenters. The van der Waals surface area contributed by atoms with Crippen molar-refractivity contribution in [2.75, 3.05) is 0 Å². The Morgan fingerprint density at radius 3 is 2.65 bits per heavy atom. The molecule has 2 aliphatic heterocycles. The van der Waals surface area contributed by atoms with Crippen molar-refractivity contribution in [1.29, 1.82) is 0 Å². The third-order valence-electron chi connectivity index (χ3n) is 6.55. The van der Waals surface area contributed by atoms with Crippen molar-refractivity contribution < 1.29 is 30.6 Å². The summed E-state index contributed by atoms with van der Waals surface area (Å²) in [6.45, 7) is 3.98. The van der Waals surface area contributed by atoms with Gasteiger partial charge in [-0.2, -0.15) is 21.6 Å². The van der Waals surface area contributed by atoms with E-state index < -0.39 is 21.4 Å². The highest BCUT2D eigenvalue weighted by molar-refractivity contribution is 7.88. The van der Waals surface area contributed by atoms with Gasteiger partial charge < -0.3 is 14.1 Å². The van der Waals surface area contributed by atoms with E-state index in [1.165, 1.54) is 12.1 Å². The molecule has 170 valence electrons. The number of hydrogen-bond donors (Lipinski definition) is 1. The van der Waals surface area contributed by atoms with Crippen molar-refractivity contribution in [3.05, 3.63) is 30.0 Å². The van der Waals surface area contributed by atoms with Gasteiger partial charge in [0.25, 0.3) is 0 Å². The number of nitrogens with one attached hydrogen (secondary N) is 1. The van der Waals surface area contributed by atoms with E-state index in [2.05, 4.69) is 16.1 Å². The monoisotopic (exact) mass is 458 g/mol. The van der Waals surface area contributed by atoms with Gasteiger partial charge in [-0.1, -0.05) is 13.8 Å². The first-order valence-electron chi connectivity index (χ1n) is 10.4. The standard InChI is InChI=1S/C21H25F3N2O4S/c1-3-14-7-13-8-15(9-13)26(14)20(27)6-12(2)18-11-25-19-5-4-16(10-17(18)19)30-31(28,29)21(22,23)24/h4-5,10-15,25H,3,6-9H2,1-2H3. The molecule has 3 fully saturated rings. The molecule has 3 aliphatic rings. The van der Waals surface area contributed by atoms with Gasteiger partial charge in [0, 0.05) is 35.6 Å². The van der Waals surface area contributed by atoms with Crippen LogP contribution in [0.5, 0.6) is 5.75 Å². The highest BCUT2D eigenvalue weighted by atomic mass is 32.2. The molecule has 1 aliphatic carbocycles. The largest absolute Gasteiger partial charge is 0.534 e. The lowest BCUT2D eigenvalue weighted by atomic mass is 9.70. The van der Waals surface area contributed by atoms with Crippen molar-refractivity contribution in [1.82, 2.24) is 9.88 Å². The lowest BCUT2D eigenvalue weighted by Gasteiger charge is -2.54. The summed E-state index contributed by atoms with van der Waals surface area (Å²) in [5, 5.41) is 0.532. The highest BCUT2D eigenvalue weighted by Gasteiger charge is 2.48. The van der Waals surface area contributed by atoms with Gasteiger partial charge in [-0.15, -0.1) is 0 Å². The number of alkyl halides is 3. The van der Waals surface area contributed by atoms with Crippen LogP contribution in [0.15, 0.2) is 24.4 Å². The minimum absolute atomic E-state index is 0.0869. The number of amides is 1. The van der Waals surface area contributed by atoms with E-state index in [9.17, 15) is 26.4 Å². The Labute approximate surface area is 178 Å². The third kappa shape index (κ3) is 4.02. The van der Waals surface area contributed by atoms with Gasteiger partial charge >= 0.3 is 15.6 Å². The third-order valence-corrected chi connectivity index (χ3v) is 7.53. The van der Waals surface area contributed by atoms with Crippen molar-refractivity contribution >= 4 is 26.9 Å². The van der Waals surface area contributed by atoms with Crippen LogP contribution in [-0.4, -0.2) is 41.8 Å². The molecule has 1 saturated carbocycles. The van der Waals surface area contributed by atoms with E-state index in [4.69, 9.17) is 0 Å². The zero-order valence-electron chi connectivity index (χ0n) is 17.3. The molecule has 2 aromatic rings. The first kappa shape index (κ1) is 22.0. The van der Waals surface area contributed by atoms with Gasteiger partial charge in [0.05, 0.1) is 0 Å². The minimum atomic E-state index is -5.75. The first-order valence-corrected chi connectivity index (χ1v) is 11.8. The average Bonchev–Trinajstić information content (AvgIpc) is 3.08. The van der Waals surface area contributed by atoms with E-state index >= 15 is 0 Å². The smallest absolute Gasteiger partial charge is 0.376 e. The Balaban J connectivity index is 1.54. The Morgan fingerprint density at radius 1 is 1.29 bits per heavy atom. The molecule has 0 spiro atoms. The summed E-state index contributed by atoms with van der Waals surface area (Å²) >= 11 is 0. The summed E-state index contributed by atoms with van der Waals surface area (Å²) in [6, 6.07) is 4.47. The molecule has 10 heteroatoms. The molecule has 2 bridgehead atoms. The second-order valence-corrected chi connectivity index (χ2v) is 10.2. The van der Waals surface area contributed by atoms with Crippen molar-refractivity contribution in [3.8, 4) is 5.75 Å². The summed E-state index contributed by atoms with van der Waals surface area (Å²) in [7, 11) is -5.75. The quantitative estimate of drug-likeness (QED) is 0.504. The second-order valence-electron chi connectivity index (χ2n) is 8.63. The van der Waals surface area contributed by atoms with Crippen LogP contribution in [0.25, 0.3) is 10.9 Å². The lowest BCUT2D eigenvalue weighted by molar-refractivity contribution is -0.147. The Kier molecular flexibility index (Phi) is 5.47. The summed E-state index contributed by atoms with van der Waals surface area (Å²) in [4.78, 5) is 18.2. The number of H-pyrrole nitrogens is 1. The summed E-state index contributed by atoms with van der Waals surface area (Å²) in [6.07, 6.45) is 6.09. The van der Waals surface area contributed by atoms with Crippen LogP contribution < -0.4 is 4.18 Å². The van der Waals surface area contributed by atoms with E-state index in [-0.39, 0.29) is 24.3 Å². The van der Waals surface area contributed by atoms with Crippen LogP contribution in [0.1, 0.15) is 57.4 Å². The van der Waals surface area contributed by atoms with Gasteiger partial charge in [0.1, 0.15) is 5.75 Å². The number of nitrogens with zero attached hydrogens (tertiary/aromatic N) is 1. The maximum atomic E-state index is 13.1. The molecule has 3 heterocycles. The van der Waals surface area contributed by atoms with Crippen LogP contribution in [0.3, 0.4) is 0 Å². The topological polar surface area (TPSA) is 79.5 Å². The number of rotatable bonds is 6. The number of piperidine rings is 2. The van der Waals surface area contributed by atoms with E-state index in [1.54, 1.807) is 6.20 Å². The van der Waals surface area contributed by atoms with Gasteiger partial charge in [-0.05, 0) is 61.3 Å². The van der Waals surface area contributed by atoms with Crippen molar-refractivity contribution in [2.45, 2.75) is 69.5 Å². The predicted molar refractivity (Wildman–Crippen MR) is 109 cm³/mol. The van der Waals surface area contributed by atoms with Crippen LogP contribution in [0.2, 0.25) is 0 Å². The fourth-order valence-electron chi connectivity index (χ4n) is 4.92. The van der Waals surface area contributed by atoms with Crippen molar-refractivity contribution in [2.24, 2.45) is 5.92 Å². The molecule has 2 atom stereocenters. The Hall–Kier alpha value is -2.23. The normalized spacial score (nSPS) is 24.7. The van der Waals surface area contributed by atoms with Gasteiger partial charge in [0.15, 0.2) is 0 Å². The lowest BCUT2D eigenvalue weighted by Crippen LogP contribution is -2.58. The highest BCUT2D eigenvalue weighted by Crippen LogP contribution is 2.44. The fraction of sp³-hybridized carbons (Fsp3) is 0.571. The van der Waals surface area contributed by atoms with E-state index in [1.807, 2.05) is 11.8 Å². The Bertz CT molecular complexity index is 1090. The summed E-state index contributed by atoms with van der Waals surface area (Å²) < 4.78 is 64.8. The zero-order valence-corrected chi connectivity index (χ0v) is 18.1. The number of carbonyl (C=O) groups is 1. The summed E-state index contributed by atoms with van der Waals surface area (Å²) in [5.41, 5.74) is -4.15. The van der Waals surface area contributed by atoms with Crippen LogP contribution >= 0.6 is 0 Å². The fourth-order valence-corrected chi connectivity index (χ4v) is 5.37. The van der Waals surface area contributed by atoms with Crippen LogP contribution in [-0.2, 0) is 14.9 Å². The molecule has 1 amide bonds. The van der Waals surface area contributed by atoms with Gasteiger partial charge in [0.2, 0.25) is 5.91 Å². The average molecular weight is 459 g/mol.